The molecule has 0 saturated carbocycles. The Morgan fingerprint density at radius 1 is 1.19 bits per heavy atom. The average molecular weight is 436 g/mol. The molecule has 0 unspecified atom stereocenters. The third-order valence-corrected chi connectivity index (χ3v) is 5.44. The number of amides is 1. The van der Waals surface area contributed by atoms with E-state index < -0.39 is 11.7 Å². The van der Waals surface area contributed by atoms with E-state index in [0.29, 0.717) is 50.9 Å². The van der Waals surface area contributed by atoms with Crippen molar-refractivity contribution in [3.8, 4) is 11.8 Å². The van der Waals surface area contributed by atoms with E-state index in [-0.39, 0.29) is 18.4 Å². The minimum Gasteiger partial charge on any atom is -0.378 e. The molecule has 3 rings (SSSR count). The molecule has 1 N–H and O–H groups in total. The molecule has 31 heavy (non-hydrogen) atoms. The molecule has 2 aliphatic rings. The Balaban J connectivity index is 1.48. The lowest BCUT2D eigenvalue weighted by Gasteiger charge is -2.36. The topological polar surface area (TPSA) is 57.2 Å². The molecule has 9 heteroatoms. The summed E-state index contributed by atoms with van der Waals surface area (Å²) in [6.07, 6.45) is -2.87. The highest BCUT2D eigenvalue weighted by atomic mass is 19.4. The van der Waals surface area contributed by atoms with Gasteiger partial charge < -0.3 is 19.9 Å². The monoisotopic (exact) mass is 436 g/mol. The van der Waals surface area contributed by atoms with E-state index in [4.69, 9.17) is 4.74 Å². The van der Waals surface area contributed by atoms with E-state index in [0.717, 1.165) is 25.0 Å². The number of nitrogens with one attached hydrogen (secondary N) is 1. The maximum absolute atomic E-state index is 12.8. The third-order valence-electron chi connectivity index (χ3n) is 5.44. The van der Waals surface area contributed by atoms with Gasteiger partial charge in [0.2, 0.25) is 5.91 Å². The van der Waals surface area contributed by atoms with E-state index in [1.165, 1.54) is 6.07 Å². The van der Waals surface area contributed by atoms with Crippen molar-refractivity contribution in [3.05, 3.63) is 35.4 Å². The van der Waals surface area contributed by atoms with Gasteiger partial charge in [-0.05, 0) is 31.0 Å². The summed E-state index contributed by atoms with van der Waals surface area (Å²) in [6, 6.07) is 4.96. The quantitative estimate of drug-likeness (QED) is 0.439. The Kier molecular flexibility index (Phi) is 7.80. The fraction of sp³-hybridized carbons (Fsp3) is 0.545. The van der Waals surface area contributed by atoms with Crippen LogP contribution in [0.4, 0.5) is 13.2 Å². The van der Waals surface area contributed by atoms with Gasteiger partial charge in [0.15, 0.2) is 5.96 Å². The lowest BCUT2D eigenvalue weighted by atomic mass is 9.95. The molecule has 0 aromatic heterocycles. The number of morpholine rings is 1. The van der Waals surface area contributed by atoms with Gasteiger partial charge >= 0.3 is 6.18 Å². The number of halogens is 3. The maximum atomic E-state index is 12.8. The van der Waals surface area contributed by atoms with Crippen molar-refractivity contribution in [1.29, 1.82) is 0 Å². The van der Waals surface area contributed by atoms with Crippen LogP contribution in [0.2, 0.25) is 0 Å². The van der Waals surface area contributed by atoms with Gasteiger partial charge in [0.25, 0.3) is 0 Å². The number of rotatable bonds is 2. The predicted molar refractivity (Wildman–Crippen MR) is 111 cm³/mol. The Bertz CT molecular complexity index is 846. The average Bonchev–Trinajstić information content (AvgIpc) is 2.79. The fourth-order valence-electron chi connectivity index (χ4n) is 3.76. The van der Waals surface area contributed by atoms with E-state index >= 15 is 0 Å². The van der Waals surface area contributed by atoms with Crippen molar-refractivity contribution in [3.63, 3.8) is 0 Å². The second-order valence-electron chi connectivity index (χ2n) is 7.48. The first-order valence-corrected chi connectivity index (χ1v) is 10.4. The largest absolute Gasteiger partial charge is 0.416 e. The van der Waals surface area contributed by atoms with E-state index in [2.05, 4.69) is 27.0 Å². The number of ether oxygens (including phenoxy) is 1. The summed E-state index contributed by atoms with van der Waals surface area (Å²) >= 11 is 0. The first kappa shape index (κ1) is 22.9. The molecule has 6 nitrogen and oxygen atoms in total. The zero-order valence-electron chi connectivity index (χ0n) is 17.5. The number of guanidine groups is 1. The number of nitrogens with zero attached hydrogens (tertiary/aromatic N) is 3. The Hall–Kier alpha value is -2.73. The van der Waals surface area contributed by atoms with Crippen LogP contribution in [0.3, 0.4) is 0 Å². The number of hydrogen-bond acceptors (Lipinski definition) is 3. The molecule has 0 bridgehead atoms. The minimum atomic E-state index is -4.38. The molecule has 2 fully saturated rings. The SMILES string of the molecule is CN=C(NCC#Cc1cccc(C(F)(F)F)c1)N1CCC(C(=O)N2CCOCC2)CC1. The van der Waals surface area contributed by atoms with Gasteiger partial charge in [0.05, 0.1) is 25.3 Å². The first-order valence-electron chi connectivity index (χ1n) is 10.4. The number of alkyl halides is 3. The summed E-state index contributed by atoms with van der Waals surface area (Å²) in [4.78, 5) is 20.9. The zero-order valence-corrected chi connectivity index (χ0v) is 17.5. The van der Waals surface area contributed by atoms with Gasteiger partial charge in [-0.3, -0.25) is 9.79 Å². The van der Waals surface area contributed by atoms with Crippen LogP contribution in [0.25, 0.3) is 0 Å². The van der Waals surface area contributed by atoms with Crippen LogP contribution in [0, 0.1) is 17.8 Å². The molecule has 0 aliphatic carbocycles. The summed E-state index contributed by atoms with van der Waals surface area (Å²) in [5, 5.41) is 3.13. The summed E-state index contributed by atoms with van der Waals surface area (Å²) in [5.41, 5.74) is -0.397. The van der Waals surface area contributed by atoms with E-state index in [9.17, 15) is 18.0 Å². The molecule has 2 aliphatic heterocycles. The van der Waals surface area contributed by atoms with Gasteiger partial charge in [-0.2, -0.15) is 13.2 Å². The van der Waals surface area contributed by atoms with Crippen molar-refractivity contribution in [2.24, 2.45) is 10.9 Å². The summed E-state index contributed by atoms with van der Waals surface area (Å²) in [7, 11) is 1.67. The van der Waals surface area contributed by atoms with Crippen LogP contribution in [0.15, 0.2) is 29.3 Å². The summed E-state index contributed by atoms with van der Waals surface area (Å²) in [6.45, 7) is 4.20. The van der Waals surface area contributed by atoms with Crippen LogP contribution >= 0.6 is 0 Å². The smallest absolute Gasteiger partial charge is 0.378 e. The zero-order chi connectivity index (χ0) is 22.3. The van der Waals surface area contributed by atoms with Gasteiger partial charge in [-0.15, -0.1) is 0 Å². The lowest BCUT2D eigenvalue weighted by molar-refractivity contribution is -0.141. The predicted octanol–water partition coefficient (Wildman–Crippen LogP) is 2.20. The van der Waals surface area contributed by atoms with Gasteiger partial charge in [-0.25, -0.2) is 0 Å². The molecule has 2 saturated heterocycles. The number of carbonyl (C=O) groups excluding carboxylic acids is 1. The maximum Gasteiger partial charge on any atom is 0.416 e. The summed E-state index contributed by atoms with van der Waals surface area (Å²) < 4.78 is 43.7. The van der Waals surface area contributed by atoms with Crippen LogP contribution in [-0.4, -0.2) is 74.7 Å². The van der Waals surface area contributed by atoms with E-state index in [1.54, 1.807) is 13.1 Å². The highest BCUT2D eigenvalue weighted by Crippen LogP contribution is 2.29. The van der Waals surface area contributed by atoms with Crippen LogP contribution < -0.4 is 5.32 Å². The van der Waals surface area contributed by atoms with Gasteiger partial charge in [-0.1, -0.05) is 17.9 Å². The van der Waals surface area contributed by atoms with E-state index in [1.807, 2.05) is 4.90 Å². The molecule has 1 aromatic rings. The van der Waals surface area contributed by atoms with Crippen molar-refractivity contribution in [2.45, 2.75) is 19.0 Å². The standard InChI is InChI=1S/C22H27F3N4O2/c1-26-21(27-9-3-5-17-4-2-6-19(16-17)22(23,24)25)29-10-7-18(8-11-29)20(30)28-12-14-31-15-13-28/h2,4,6,16,18H,7-15H2,1H3,(H,26,27). The third kappa shape index (κ3) is 6.37. The highest BCUT2D eigenvalue weighted by Gasteiger charge is 2.31. The number of aliphatic imine (C=N–C) groups is 1. The molecule has 2 heterocycles. The number of benzene rings is 1. The molecular weight excluding hydrogens is 409 g/mol. The van der Waals surface area contributed by atoms with Crippen LogP contribution in [0.5, 0.6) is 0 Å². The second-order valence-corrected chi connectivity index (χ2v) is 7.48. The Labute approximate surface area is 180 Å². The van der Waals surface area contributed by atoms with Crippen LogP contribution in [0.1, 0.15) is 24.0 Å². The molecule has 168 valence electrons. The molecular formula is C22H27F3N4O2. The van der Waals surface area contributed by atoms with Crippen molar-refractivity contribution in [2.75, 3.05) is 53.0 Å². The van der Waals surface area contributed by atoms with Crippen molar-refractivity contribution in [1.82, 2.24) is 15.1 Å². The van der Waals surface area contributed by atoms with Gasteiger partial charge in [0.1, 0.15) is 0 Å². The normalized spacial score (nSPS) is 18.4. The molecule has 1 aromatic carbocycles. The fourth-order valence-corrected chi connectivity index (χ4v) is 3.76. The second kappa shape index (κ2) is 10.5. The van der Waals surface area contributed by atoms with Gasteiger partial charge in [0, 0.05) is 44.7 Å². The Morgan fingerprint density at radius 3 is 2.55 bits per heavy atom. The lowest BCUT2D eigenvalue weighted by Crippen LogP contribution is -2.50. The first-order chi connectivity index (χ1) is 14.9. The molecule has 1 amide bonds. The molecule has 0 spiro atoms. The molecule has 0 radical (unpaired) electrons. The number of likely N-dealkylation sites (tertiary alicyclic amines) is 1. The van der Waals surface area contributed by atoms with Crippen LogP contribution in [-0.2, 0) is 15.7 Å². The summed E-state index contributed by atoms with van der Waals surface area (Å²) in [5.74, 6) is 6.50. The van der Waals surface area contributed by atoms with Crippen molar-refractivity contribution >= 4 is 11.9 Å². The number of carbonyl (C=O) groups is 1. The number of piperidine rings is 1. The highest BCUT2D eigenvalue weighted by molar-refractivity contribution is 5.82. The minimum absolute atomic E-state index is 0.0214. The van der Waals surface area contributed by atoms with Crippen molar-refractivity contribution < 1.29 is 22.7 Å². The number of hydrogen-bond donors (Lipinski definition) is 1. The molecule has 0 atom stereocenters. The Morgan fingerprint density at radius 2 is 1.90 bits per heavy atom.